The number of hydrogen-bond donors (Lipinski definition) is 0. The van der Waals surface area contributed by atoms with Crippen LogP contribution in [0.2, 0.25) is 10.0 Å². The van der Waals surface area contributed by atoms with E-state index in [-0.39, 0.29) is 12.5 Å². The molecule has 0 amide bonds. The van der Waals surface area contributed by atoms with Gasteiger partial charge in [0.25, 0.3) is 5.89 Å². The minimum Gasteiger partial charge on any atom is -0.477 e. The molecule has 0 N–H and O–H groups in total. The molecule has 0 fully saturated rings. The van der Waals surface area contributed by atoms with Crippen LogP contribution in [-0.4, -0.2) is 22.3 Å². The van der Waals surface area contributed by atoms with Crippen molar-refractivity contribution in [1.29, 1.82) is 0 Å². The highest BCUT2D eigenvalue weighted by atomic mass is 35.5. The van der Waals surface area contributed by atoms with Gasteiger partial charge < -0.3 is 13.9 Å². The molecule has 2 aromatic carbocycles. The van der Waals surface area contributed by atoms with Gasteiger partial charge in [0.15, 0.2) is 12.7 Å². The lowest BCUT2D eigenvalue weighted by atomic mass is 10.2. The molecule has 0 aliphatic rings. The minimum atomic E-state index is -0.870. The van der Waals surface area contributed by atoms with Crippen molar-refractivity contribution in [2.24, 2.45) is 0 Å². The zero-order chi connectivity index (χ0) is 18.5. The summed E-state index contributed by atoms with van der Waals surface area (Å²) in [4.78, 5) is 12.1. The predicted molar refractivity (Wildman–Crippen MR) is 96.1 cm³/mol. The van der Waals surface area contributed by atoms with Crippen molar-refractivity contribution in [2.45, 2.75) is 19.6 Å². The van der Waals surface area contributed by atoms with Crippen molar-refractivity contribution in [3.63, 3.8) is 0 Å². The molecule has 1 unspecified atom stereocenters. The van der Waals surface area contributed by atoms with E-state index >= 15 is 0 Å². The fourth-order valence-electron chi connectivity index (χ4n) is 2.07. The Morgan fingerprint density at radius 2 is 1.92 bits per heavy atom. The molecular weight excluding hydrogens is 379 g/mol. The second kappa shape index (κ2) is 8.21. The normalized spacial score (nSPS) is 11.8. The van der Waals surface area contributed by atoms with Gasteiger partial charge in [-0.25, -0.2) is 4.79 Å². The Morgan fingerprint density at radius 1 is 1.15 bits per heavy atom. The number of aromatic nitrogens is 2. The SMILES string of the molecule is CC(Oc1ccc(Cl)cc1Cl)C(=O)OCc1nnc(-c2ccccc2)o1. The number of halogens is 2. The first-order chi connectivity index (χ1) is 12.5. The monoisotopic (exact) mass is 392 g/mol. The van der Waals surface area contributed by atoms with Crippen molar-refractivity contribution < 1.29 is 18.7 Å². The molecule has 8 heteroatoms. The van der Waals surface area contributed by atoms with Gasteiger partial charge in [0, 0.05) is 10.6 Å². The van der Waals surface area contributed by atoms with E-state index < -0.39 is 12.1 Å². The second-order valence-corrected chi connectivity index (χ2v) is 6.15. The van der Waals surface area contributed by atoms with Crippen LogP contribution in [0.25, 0.3) is 11.5 Å². The van der Waals surface area contributed by atoms with Gasteiger partial charge in [-0.05, 0) is 37.3 Å². The number of carbonyl (C=O) groups excluding carboxylic acids is 1. The highest BCUT2D eigenvalue weighted by Gasteiger charge is 2.19. The van der Waals surface area contributed by atoms with E-state index in [0.29, 0.717) is 21.7 Å². The molecule has 0 saturated heterocycles. The van der Waals surface area contributed by atoms with E-state index in [2.05, 4.69) is 10.2 Å². The van der Waals surface area contributed by atoms with Crippen molar-refractivity contribution in [3.8, 4) is 17.2 Å². The zero-order valence-electron chi connectivity index (χ0n) is 13.7. The van der Waals surface area contributed by atoms with Crippen LogP contribution in [0.3, 0.4) is 0 Å². The molecule has 0 saturated carbocycles. The highest BCUT2D eigenvalue weighted by Crippen LogP contribution is 2.28. The highest BCUT2D eigenvalue weighted by molar-refractivity contribution is 6.35. The van der Waals surface area contributed by atoms with E-state index in [1.165, 1.54) is 6.07 Å². The van der Waals surface area contributed by atoms with Crippen molar-refractivity contribution in [1.82, 2.24) is 10.2 Å². The summed E-state index contributed by atoms with van der Waals surface area (Å²) in [5.74, 6) is 0.294. The first-order valence-electron chi connectivity index (χ1n) is 7.69. The molecule has 6 nitrogen and oxygen atoms in total. The number of rotatable bonds is 6. The number of benzene rings is 2. The number of nitrogens with zero attached hydrogens (tertiary/aromatic N) is 2. The van der Waals surface area contributed by atoms with Crippen LogP contribution in [-0.2, 0) is 16.1 Å². The quantitative estimate of drug-likeness (QED) is 0.572. The van der Waals surface area contributed by atoms with Gasteiger partial charge in [0.2, 0.25) is 5.89 Å². The number of esters is 1. The molecule has 0 aliphatic carbocycles. The molecule has 1 atom stereocenters. The molecular formula is C18H14Cl2N2O4. The average Bonchev–Trinajstić information content (AvgIpc) is 3.11. The zero-order valence-corrected chi connectivity index (χ0v) is 15.2. The standard InChI is InChI=1S/C18H14Cl2N2O4/c1-11(25-15-8-7-13(19)9-14(15)20)18(23)24-10-16-21-22-17(26-16)12-5-3-2-4-6-12/h2-9,11H,10H2,1H3. The van der Waals surface area contributed by atoms with Crippen LogP contribution in [0, 0.1) is 0 Å². The molecule has 3 rings (SSSR count). The molecule has 0 spiro atoms. The lowest BCUT2D eigenvalue weighted by Gasteiger charge is -2.14. The fraction of sp³-hybridized carbons (Fsp3) is 0.167. The van der Waals surface area contributed by atoms with E-state index in [9.17, 15) is 4.79 Å². The maximum Gasteiger partial charge on any atom is 0.347 e. The summed E-state index contributed by atoms with van der Waals surface area (Å²) in [5, 5.41) is 8.57. The Morgan fingerprint density at radius 3 is 2.65 bits per heavy atom. The van der Waals surface area contributed by atoms with Gasteiger partial charge in [0.1, 0.15) is 5.75 Å². The van der Waals surface area contributed by atoms with E-state index in [1.807, 2.05) is 30.3 Å². The Kier molecular flexibility index (Phi) is 5.75. The maximum absolute atomic E-state index is 12.1. The third-order valence-electron chi connectivity index (χ3n) is 3.36. The van der Waals surface area contributed by atoms with Gasteiger partial charge in [0.05, 0.1) is 5.02 Å². The topological polar surface area (TPSA) is 74.5 Å². The first kappa shape index (κ1) is 18.2. The predicted octanol–water partition coefficient (Wildman–Crippen LogP) is 4.55. The number of hydrogen-bond acceptors (Lipinski definition) is 6. The first-order valence-corrected chi connectivity index (χ1v) is 8.44. The van der Waals surface area contributed by atoms with Crippen LogP contribution < -0.4 is 4.74 Å². The Balaban J connectivity index is 1.56. The molecule has 1 aromatic heterocycles. The van der Waals surface area contributed by atoms with Crippen molar-refractivity contribution in [3.05, 3.63) is 64.5 Å². The summed E-state index contributed by atoms with van der Waals surface area (Å²) >= 11 is 11.8. The van der Waals surface area contributed by atoms with Crippen molar-refractivity contribution in [2.75, 3.05) is 0 Å². The third-order valence-corrected chi connectivity index (χ3v) is 3.89. The minimum absolute atomic E-state index is 0.152. The molecule has 0 bridgehead atoms. The van der Waals surface area contributed by atoms with Crippen LogP contribution in [0.15, 0.2) is 52.9 Å². The largest absolute Gasteiger partial charge is 0.477 e. The molecule has 134 valence electrons. The summed E-state index contributed by atoms with van der Waals surface area (Å²) in [6, 6.07) is 14.0. The van der Waals surface area contributed by atoms with Gasteiger partial charge in [-0.3, -0.25) is 0 Å². The Bertz CT molecular complexity index is 899. The Hall–Kier alpha value is -2.57. The second-order valence-electron chi connectivity index (χ2n) is 5.31. The lowest BCUT2D eigenvalue weighted by Crippen LogP contribution is -2.26. The summed E-state index contributed by atoms with van der Waals surface area (Å²) in [6.45, 7) is 1.40. The van der Waals surface area contributed by atoms with Crippen LogP contribution in [0.4, 0.5) is 0 Å². The lowest BCUT2D eigenvalue weighted by molar-refractivity contribution is -0.153. The van der Waals surface area contributed by atoms with E-state index in [4.69, 9.17) is 37.1 Å². The summed E-state index contributed by atoms with van der Waals surface area (Å²) < 4.78 is 16.1. The average molecular weight is 393 g/mol. The van der Waals surface area contributed by atoms with Gasteiger partial charge in [-0.1, -0.05) is 41.4 Å². The Labute approximate surface area is 159 Å². The molecule has 0 radical (unpaired) electrons. The number of carbonyl (C=O) groups is 1. The maximum atomic E-state index is 12.1. The molecule has 1 heterocycles. The van der Waals surface area contributed by atoms with Gasteiger partial charge in [-0.15, -0.1) is 10.2 Å². The van der Waals surface area contributed by atoms with E-state index in [1.54, 1.807) is 19.1 Å². The summed E-state index contributed by atoms with van der Waals surface area (Å²) in [5.41, 5.74) is 0.784. The molecule has 26 heavy (non-hydrogen) atoms. The molecule has 3 aromatic rings. The van der Waals surface area contributed by atoms with Crippen LogP contribution >= 0.6 is 23.2 Å². The van der Waals surface area contributed by atoms with Crippen LogP contribution in [0.1, 0.15) is 12.8 Å². The summed E-state index contributed by atoms with van der Waals surface area (Å²) in [6.07, 6.45) is -0.870. The third kappa shape index (κ3) is 4.53. The fourth-order valence-corrected chi connectivity index (χ4v) is 2.52. The van der Waals surface area contributed by atoms with Crippen molar-refractivity contribution >= 4 is 29.2 Å². The summed E-state index contributed by atoms with van der Waals surface area (Å²) in [7, 11) is 0. The molecule has 0 aliphatic heterocycles. The number of ether oxygens (including phenoxy) is 2. The van der Waals surface area contributed by atoms with Crippen LogP contribution in [0.5, 0.6) is 5.75 Å². The van der Waals surface area contributed by atoms with E-state index in [0.717, 1.165) is 5.56 Å². The van der Waals surface area contributed by atoms with Gasteiger partial charge in [-0.2, -0.15) is 0 Å². The van der Waals surface area contributed by atoms with Gasteiger partial charge >= 0.3 is 5.97 Å². The smallest absolute Gasteiger partial charge is 0.347 e.